The second-order valence-electron chi connectivity index (χ2n) is 6.26. The summed E-state index contributed by atoms with van der Waals surface area (Å²) in [6, 6.07) is 5.18. The van der Waals surface area contributed by atoms with Gasteiger partial charge in [-0.2, -0.15) is 0 Å². The van der Waals surface area contributed by atoms with Gasteiger partial charge in [-0.05, 0) is 62.1 Å². The normalized spacial score (nSPS) is 29.4. The molecule has 2 fully saturated rings. The zero-order valence-electron chi connectivity index (χ0n) is 11.5. The highest BCUT2D eigenvalue weighted by molar-refractivity contribution is 6.35. The van der Waals surface area contributed by atoms with E-state index in [4.69, 9.17) is 23.2 Å². The smallest absolute Gasteiger partial charge is 0.251 e. The van der Waals surface area contributed by atoms with Crippen molar-refractivity contribution in [2.75, 3.05) is 0 Å². The van der Waals surface area contributed by atoms with Crippen LogP contribution >= 0.6 is 23.2 Å². The van der Waals surface area contributed by atoms with Gasteiger partial charge in [0.2, 0.25) is 0 Å². The first-order chi connectivity index (χ1) is 9.52. The van der Waals surface area contributed by atoms with E-state index in [-0.39, 0.29) is 11.9 Å². The van der Waals surface area contributed by atoms with Crippen molar-refractivity contribution >= 4 is 29.1 Å². The molecular weight excluding hydrogens is 293 g/mol. The first kappa shape index (κ1) is 14.2. The Morgan fingerprint density at radius 2 is 1.90 bits per heavy atom. The van der Waals surface area contributed by atoms with E-state index in [1.165, 1.54) is 25.7 Å². The minimum absolute atomic E-state index is 0.0790. The van der Waals surface area contributed by atoms with E-state index in [0.29, 0.717) is 21.5 Å². The van der Waals surface area contributed by atoms with Crippen molar-refractivity contribution in [2.24, 2.45) is 17.8 Å². The van der Waals surface area contributed by atoms with Crippen LogP contribution in [-0.4, -0.2) is 11.9 Å². The topological polar surface area (TPSA) is 29.1 Å². The van der Waals surface area contributed by atoms with Crippen LogP contribution in [0.15, 0.2) is 18.2 Å². The maximum atomic E-state index is 12.3. The average Bonchev–Trinajstić information content (AvgIpc) is 2.99. The van der Waals surface area contributed by atoms with Crippen LogP contribution in [0.25, 0.3) is 0 Å². The molecule has 2 aliphatic carbocycles. The molecule has 0 spiro atoms. The Morgan fingerprint density at radius 3 is 2.45 bits per heavy atom. The van der Waals surface area contributed by atoms with Crippen molar-refractivity contribution in [2.45, 2.75) is 38.6 Å². The third-order valence-corrected chi connectivity index (χ3v) is 5.35. The molecule has 4 heteroatoms. The summed E-state index contributed by atoms with van der Waals surface area (Å²) in [5.74, 6) is 2.25. The van der Waals surface area contributed by atoms with Crippen molar-refractivity contribution in [3.05, 3.63) is 33.8 Å². The minimum atomic E-state index is -0.0790. The molecule has 2 nitrogen and oxygen atoms in total. The molecule has 0 unspecified atom stereocenters. The predicted molar refractivity (Wildman–Crippen MR) is 82.3 cm³/mol. The Morgan fingerprint density at radius 1 is 1.20 bits per heavy atom. The molecule has 2 bridgehead atoms. The summed E-state index contributed by atoms with van der Waals surface area (Å²) in [4.78, 5) is 12.3. The summed E-state index contributed by atoms with van der Waals surface area (Å²) in [6.45, 7) is 2.12. The summed E-state index contributed by atoms with van der Waals surface area (Å²) in [5.41, 5.74) is 0.539. The molecule has 0 aromatic heterocycles. The number of hydrogen-bond donors (Lipinski definition) is 1. The molecule has 2 saturated carbocycles. The van der Waals surface area contributed by atoms with Crippen molar-refractivity contribution in [1.29, 1.82) is 0 Å². The van der Waals surface area contributed by atoms with E-state index in [1.807, 2.05) is 0 Å². The summed E-state index contributed by atoms with van der Waals surface area (Å²) in [6.07, 6.45) is 5.33. The molecule has 4 atom stereocenters. The maximum absolute atomic E-state index is 12.3. The van der Waals surface area contributed by atoms with Crippen LogP contribution in [0.3, 0.4) is 0 Å². The van der Waals surface area contributed by atoms with E-state index >= 15 is 0 Å². The highest BCUT2D eigenvalue weighted by atomic mass is 35.5. The molecule has 1 aromatic carbocycles. The van der Waals surface area contributed by atoms with Gasteiger partial charge in [0.05, 0.1) is 0 Å². The lowest BCUT2D eigenvalue weighted by atomic mass is 9.84. The molecule has 1 amide bonds. The number of fused-ring (bicyclic) bond motifs is 2. The number of hydrogen-bond acceptors (Lipinski definition) is 1. The molecule has 20 heavy (non-hydrogen) atoms. The van der Waals surface area contributed by atoms with Crippen molar-refractivity contribution in [1.82, 2.24) is 5.32 Å². The zero-order valence-corrected chi connectivity index (χ0v) is 13.0. The van der Waals surface area contributed by atoms with E-state index in [1.54, 1.807) is 18.2 Å². The fourth-order valence-corrected chi connectivity index (χ4v) is 4.51. The number of rotatable bonds is 3. The monoisotopic (exact) mass is 311 g/mol. The van der Waals surface area contributed by atoms with Gasteiger partial charge in [-0.1, -0.05) is 29.6 Å². The summed E-state index contributed by atoms with van der Waals surface area (Å²) in [7, 11) is 0. The summed E-state index contributed by atoms with van der Waals surface area (Å²) < 4.78 is 0. The number of halogens is 2. The van der Waals surface area contributed by atoms with Gasteiger partial charge in [0, 0.05) is 21.7 Å². The standard InChI is InChI=1S/C16H19Cl2NO/c1-9(15-5-10-2-3-11(15)4-10)19-16(20)12-6-13(17)8-14(18)7-12/h6-11,15H,2-5H2,1H3,(H,19,20)/t9-,10-,11-,15-/m0/s1. The van der Waals surface area contributed by atoms with Crippen LogP contribution in [0.5, 0.6) is 0 Å². The Bertz CT molecular complexity index is 511. The van der Waals surface area contributed by atoms with Crippen molar-refractivity contribution in [3.8, 4) is 0 Å². The maximum Gasteiger partial charge on any atom is 0.251 e. The van der Waals surface area contributed by atoms with Crippen LogP contribution in [-0.2, 0) is 0 Å². The van der Waals surface area contributed by atoms with Crippen LogP contribution in [0, 0.1) is 17.8 Å². The van der Waals surface area contributed by atoms with Crippen LogP contribution in [0.4, 0.5) is 0 Å². The van der Waals surface area contributed by atoms with Gasteiger partial charge >= 0.3 is 0 Å². The first-order valence-electron chi connectivity index (χ1n) is 7.30. The van der Waals surface area contributed by atoms with Crippen LogP contribution in [0.2, 0.25) is 10.0 Å². The lowest BCUT2D eigenvalue weighted by Gasteiger charge is -2.28. The van der Waals surface area contributed by atoms with Crippen LogP contribution in [0.1, 0.15) is 43.0 Å². The number of carbonyl (C=O) groups is 1. The Labute approximate surface area is 129 Å². The minimum Gasteiger partial charge on any atom is -0.349 e. The lowest BCUT2D eigenvalue weighted by molar-refractivity contribution is 0.0915. The average molecular weight is 312 g/mol. The molecule has 0 aliphatic heterocycles. The van der Waals surface area contributed by atoms with Gasteiger partial charge in [-0.3, -0.25) is 4.79 Å². The largest absolute Gasteiger partial charge is 0.349 e. The second kappa shape index (κ2) is 5.57. The van der Waals surface area contributed by atoms with Gasteiger partial charge in [0.1, 0.15) is 0 Å². The molecule has 1 N–H and O–H groups in total. The quantitative estimate of drug-likeness (QED) is 0.872. The molecule has 0 saturated heterocycles. The molecule has 1 aromatic rings. The molecule has 3 rings (SSSR count). The number of amides is 1. The molecule has 2 aliphatic rings. The number of benzene rings is 1. The summed E-state index contributed by atoms with van der Waals surface area (Å²) in [5, 5.41) is 4.11. The van der Waals surface area contributed by atoms with Crippen molar-refractivity contribution in [3.63, 3.8) is 0 Å². The van der Waals surface area contributed by atoms with Crippen LogP contribution < -0.4 is 5.32 Å². The molecule has 0 radical (unpaired) electrons. The van der Waals surface area contributed by atoms with Gasteiger partial charge in [0.25, 0.3) is 5.91 Å². The van der Waals surface area contributed by atoms with E-state index in [9.17, 15) is 4.79 Å². The Balaban J connectivity index is 1.66. The third-order valence-electron chi connectivity index (χ3n) is 4.92. The van der Waals surface area contributed by atoms with E-state index in [0.717, 1.165) is 11.8 Å². The van der Waals surface area contributed by atoms with Gasteiger partial charge < -0.3 is 5.32 Å². The highest BCUT2D eigenvalue weighted by Gasteiger charge is 2.42. The van der Waals surface area contributed by atoms with Gasteiger partial charge in [-0.15, -0.1) is 0 Å². The zero-order chi connectivity index (χ0) is 14.3. The fraction of sp³-hybridized carbons (Fsp3) is 0.562. The van der Waals surface area contributed by atoms with E-state index < -0.39 is 0 Å². The van der Waals surface area contributed by atoms with Gasteiger partial charge in [0.15, 0.2) is 0 Å². The Kier molecular flexibility index (Phi) is 3.96. The summed E-state index contributed by atoms with van der Waals surface area (Å²) >= 11 is 11.9. The molecule has 108 valence electrons. The SMILES string of the molecule is C[C@H](NC(=O)c1cc(Cl)cc(Cl)c1)[C@@H]1C[C@H]2CC[C@H]1C2. The fourth-order valence-electron chi connectivity index (χ4n) is 3.99. The second-order valence-corrected chi connectivity index (χ2v) is 7.13. The number of carbonyl (C=O) groups excluding carboxylic acids is 1. The third kappa shape index (κ3) is 2.82. The predicted octanol–water partition coefficient (Wildman–Crippen LogP) is 4.55. The lowest BCUT2D eigenvalue weighted by Crippen LogP contribution is -2.40. The van der Waals surface area contributed by atoms with Gasteiger partial charge in [-0.25, -0.2) is 0 Å². The first-order valence-corrected chi connectivity index (χ1v) is 8.05. The van der Waals surface area contributed by atoms with Crippen molar-refractivity contribution < 1.29 is 4.79 Å². The number of nitrogens with one attached hydrogen (secondary N) is 1. The Hall–Kier alpha value is -0.730. The highest BCUT2D eigenvalue weighted by Crippen LogP contribution is 2.49. The van der Waals surface area contributed by atoms with E-state index in [2.05, 4.69) is 12.2 Å². The molecule has 0 heterocycles. The molecular formula is C16H19Cl2NO.